The van der Waals surface area contributed by atoms with Gasteiger partial charge in [-0.2, -0.15) is 0 Å². The molecular formula is C114H152O28. The van der Waals surface area contributed by atoms with Crippen molar-refractivity contribution in [1.29, 1.82) is 0 Å². The van der Waals surface area contributed by atoms with Crippen LogP contribution in [0.2, 0.25) is 0 Å². The van der Waals surface area contributed by atoms with E-state index in [-0.39, 0.29) is 150 Å². The van der Waals surface area contributed by atoms with Gasteiger partial charge in [0.2, 0.25) is 0 Å². The SMILES string of the molecule is CC(=O)O[C@@H]1CC2C(C)(C)[C@@H](O)CC[C@]2(C)C2CC[C@@]3(C)[C@H](c4ccoc4)OC(=O)C4OC43[C@@]21C.CC(=O)O[C@@H]1CC2C(C)(C)[C@H](O)C=C[C@]2(C)C2CC[C@]3(C)C(=CC(=O)O[C@H]3c3ccoc3)[C@@]21C.CC(=O)O[C@@H]1CC2C(C)(C)[C@H](O)CC[C@]2(C)C2CC[C@@]3(C)[C@H](c4ccoc4)OC(=O)C4OC43[C@@]21C.CC(=O)O[C@H]1CC[C@@]2(C)C(C[C@@H](OC(C)=O)[C@]3(C)C2CC[C@@]2(C)[C@H](c4ccoc4)OC(=O)[C@H]4O[C@]423)C1(C)C. The van der Waals surface area contributed by atoms with Gasteiger partial charge in [-0.25, -0.2) is 19.2 Å². The quantitative estimate of drug-likeness (QED) is 0.0606. The molecule has 12 aliphatic carbocycles. The molecule has 0 amide bonds. The number of allylic oxidation sites excluding steroid dienone is 1. The minimum absolute atomic E-state index is 0.0762. The van der Waals surface area contributed by atoms with E-state index >= 15 is 0 Å². The summed E-state index contributed by atoms with van der Waals surface area (Å²) >= 11 is 0. The fourth-order valence-corrected chi connectivity index (χ4v) is 38.3. The van der Waals surface area contributed by atoms with E-state index in [4.69, 9.17) is 74.5 Å². The first-order valence-corrected chi connectivity index (χ1v) is 52.5. The zero-order chi connectivity index (χ0) is 103. The van der Waals surface area contributed by atoms with Gasteiger partial charge in [0.1, 0.15) is 71.7 Å². The average molecular weight is 1970 g/mol. The van der Waals surface area contributed by atoms with Gasteiger partial charge in [-0.1, -0.05) is 151 Å². The van der Waals surface area contributed by atoms with Gasteiger partial charge in [-0.15, -0.1) is 0 Å². The largest absolute Gasteiger partial charge is 0.472 e. The predicted octanol–water partition coefficient (Wildman–Crippen LogP) is 19.4. The van der Waals surface area contributed by atoms with Crippen molar-refractivity contribution in [1.82, 2.24) is 0 Å². The summed E-state index contributed by atoms with van der Waals surface area (Å²) in [5.74, 6) is -1.78. The van der Waals surface area contributed by atoms with E-state index in [1.54, 1.807) is 56.2 Å². The van der Waals surface area contributed by atoms with Gasteiger partial charge in [-0.05, 0) is 231 Å². The highest BCUT2D eigenvalue weighted by Crippen LogP contribution is 2.86. The van der Waals surface area contributed by atoms with Crippen molar-refractivity contribution in [2.24, 2.45) is 134 Å². The number of ether oxygens (including phenoxy) is 12. The van der Waals surface area contributed by atoms with E-state index < -0.39 is 146 Å². The second-order valence-electron chi connectivity index (χ2n) is 52.2. The van der Waals surface area contributed by atoms with Crippen LogP contribution < -0.4 is 0 Å². The second-order valence-corrected chi connectivity index (χ2v) is 52.2. The van der Waals surface area contributed by atoms with Crippen LogP contribution in [-0.2, 0) is 100.0 Å². The van der Waals surface area contributed by atoms with Crippen LogP contribution in [0.5, 0.6) is 0 Å². The molecule has 23 rings (SSSR count). The number of cyclic esters (lactones) is 4. The van der Waals surface area contributed by atoms with Gasteiger partial charge in [-0.3, -0.25) is 24.0 Å². The molecule has 776 valence electrons. The first-order valence-electron chi connectivity index (χ1n) is 52.5. The van der Waals surface area contributed by atoms with E-state index in [1.807, 2.05) is 30.3 Å². The molecule has 0 radical (unpaired) electrons. The number of esters is 9. The molecule has 142 heavy (non-hydrogen) atoms. The molecular weight excluding hydrogens is 1820 g/mol. The van der Waals surface area contributed by atoms with Gasteiger partial charge >= 0.3 is 53.7 Å². The summed E-state index contributed by atoms with van der Waals surface area (Å²) in [4.78, 5) is 115. The van der Waals surface area contributed by atoms with Crippen LogP contribution >= 0.6 is 0 Å². The number of carbonyl (C=O) groups is 9. The first-order chi connectivity index (χ1) is 66.3. The molecule has 28 heteroatoms. The Bertz CT molecular complexity index is 5580. The van der Waals surface area contributed by atoms with Crippen molar-refractivity contribution in [3.63, 3.8) is 0 Å². The third kappa shape index (κ3) is 13.2. The van der Waals surface area contributed by atoms with E-state index in [0.717, 1.165) is 118 Å². The van der Waals surface area contributed by atoms with Crippen LogP contribution in [0.3, 0.4) is 0 Å². The van der Waals surface area contributed by atoms with Crippen molar-refractivity contribution in [2.75, 3.05) is 0 Å². The second kappa shape index (κ2) is 32.5. The molecule has 4 aromatic heterocycles. The molecule has 28 nitrogen and oxygen atoms in total. The maximum atomic E-state index is 13.4. The Hall–Kier alpha value is -8.41. The van der Waals surface area contributed by atoms with Crippen LogP contribution in [0.25, 0.3) is 0 Å². The van der Waals surface area contributed by atoms with Crippen molar-refractivity contribution in [2.45, 2.75) is 397 Å². The number of fused-ring (bicyclic) bond motifs is 14. The summed E-state index contributed by atoms with van der Waals surface area (Å²) in [5, 5.41) is 32.8. The lowest BCUT2D eigenvalue weighted by atomic mass is 9.34. The number of rotatable bonds is 9. The molecule has 17 fully saturated rings. The summed E-state index contributed by atoms with van der Waals surface area (Å²) in [7, 11) is 0. The number of furan rings is 4. The maximum Gasteiger partial charge on any atom is 0.339 e. The van der Waals surface area contributed by atoms with Crippen LogP contribution in [0.15, 0.2) is 116 Å². The summed E-state index contributed by atoms with van der Waals surface area (Å²) in [6.07, 6.45) is 26.0. The number of epoxide rings is 3. The average Bonchev–Trinajstić information content (AvgIpc) is 1.46. The summed E-state index contributed by atoms with van der Waals surface area (Å²) in [5.41, 5.74) is -4.17. The molecule has 7 aliphatic heterocycles. The number of hydrogen-bond acceptors (Lipinski definition) is 28. The standard InChI is InChI=1S/C30H40O8.2C28H38O7.C28H36O6/c1-16(31)35-21-9-11-27(5)19-8-12-28(6)23(18-10-13-34-15-18)37-25(33)24-30(28,38-24)29(19,7)22(36-17(2)32)14-20(27)26(21,3)4;2*1-15(29)33-20-13-18-24(2,3)19(30)8-10-25(18,4)17-7-11-26(5)21(16-9-12-32-14-16)34-23(31)22-28(26,35-22)27(17,20)6;1-16(29)33-22-13-19-25(2,3)21(30)8-11-26(19,4)18-7-10-27(5)20(28(18,22)6)14-23(31)34-24(27)17-9-12-32-15-17/h10,13,15,19-24H,8-9,11-12,14H2,1-7H3;2*9,12,14,17-22,30H,7-8,10-11,13H2,1-6H3;8-9,11-12,14-15,18-19,21-22,24,30H,7,10,13H2,1-6H3/t19?,20?,21-,22+,23-,24+,27+,28-,29-,30+;17?,18?,19-,20+,21-,22?,25+,26-,27-,28?;17?,18?,19-,20-,21+,22?,25-,26+,27+,28?;18?,19?,21-,22-,24+,26-,27-,28-/m0011/s1. The van der Waals surface area contributed by atoms with Crippen LogP contribution in [0.1, 0.15) is 335 Å². The minimum atomic E-state index is -0.828. The normalized spacial score (nSPS) is 49.1. The molecule has 0 bridgehead atoms. The summed E-state index contributed by atoms with van der Waals surface area (Å²) < 4.78 is 95.6. The van der Waals surface area contributed by atoms with E-state index in [1.165, 1.54) is 34.6 Å². The molecule has 19 aliphatic rings. The first kappa shape index (κ1) is 101. The molecule has 0 aromatic carbocycles. The number of aliphatic hydroxyl groups excluding tert-OH is 3. The van der Waals surface area contributed by atoms with Crippen molar-refractivity contribution in [3.8, 4) is 0 Å². The Kier molecular flexibility index (Phi) is 23.1. The lowest BCUT2D eigenvalue weighted by Gasteiger charge is -2.70. The third-order valence-electron chi connectivity index (χ3n) is 44.9. The lowest BCUT2D eigenvalue weighted by molar-refractivity contribution is -0.276. The van der Waals surface area contributed by atoms with Crippen LogP contribution in [0, 0.1) is 134 Å². The van der Waals surface area contributed by atoms with E-state index in [0.29, 0.717) is 25.7 Å². The van der Waals surface area contributed by atoms with E-state index in [2.05, 4.69) is 145 Å². The van der Waals surface area contributed by atoms with Gasteiger partial charge < -0.3 is 89.8 Å². The topological polar surface area (TPSA) is 388 Å². The molecule has 3 N–H and O–H groups in total. The number of carbonyl (C=O) groups excluding carboxylic acids is 9. The monoisotopic (exact) mass is 1970 g/mol. The fourth-order valence-electron chi connectivity index (χ4n) is 38.3. The Morgan fingerprint density at radius 1 is 0.331 bits per heavy atom. The lowest BCUT2D eigenvalue weighted by Crippen LogP contribution is -2.73. The molecule has 4 aromatic rings. The minimum Gasteiger partial charge on any atom is -0.472 e. The maximum absolute atomic E-state index is 13.4. The summed E-state index contributed by atoms with van der Waals surface area (Å²) in [6, 6.07) is 7.44. The molecule has 12 unspecified atom stereocenters. The zero-order valence-electron chi connectivity index (χ0n) is 87.7. The Morgan fingerprint density at radius 3 is 0.993 bits per heavy atom. The van der Waals surface area contributed by atoms with Crippen LogP contribution in [0.4, 0.5) is 0 Å². The highest BCUT2D eigenvalue weighted by atomic mass is 16.7. The highest BCUT2D eigenvalue weighted by molar-refractivity contribution is 5.86. The Balaban J connectivity index is 0.000000116. The van der Waals surface area contributed by atoms with Crippen molar-refractivity contribution in [3.05, 3.63) is 120 Å². The smallest absolute Gasteiger partial charge is 0.339 e. The van der Waals surface area contributed by atoms with Gasteiger partial charge in [0.15, 0.2) is 18.3 Å². The van der Waals surface area contributed by atoms with Gasteiger partial charge in [0.25, 0.3) is 0 Å². The number of hydrogen-bond donors (Lipinski definition) is 3. The highest BCUT2D eigenvalue weighted by Gasteiger charge is 2.93. The Labute approximate surface area is 833 Å². The zero-order valence-corrected chi connectivity index (χ0v) is 87.7. The molecule has 11 saturated carbocycles. The van der Waals surface area contributed by atoms with Crippen molar-refractivity contribution < 1.29 is 133 Å². The number of aliphatic hydroxyl groups is 3. The predicted molar refractivity (Wildman–Crippen MR) is 509 cm³/mol. The molecule has 6 saturated heterocycles. The third-order valence-corrected chi connectivity index (χ3v) is 44.9. The molecule has 38 atom stereocenters. The fraction of sp³-hybridized carbons (Fsp3) is 0.746. The van der Waals surface area contributed by atoms with Crippen molar-refractivity contribution >= 4 is 53.7 Å². The van der Waals surface area contributed by atoms with Gasteiger partial charge in [0, 0.05) is 112 Å². The summed E-state index contributed by atoms with van der Waals surface area (Å²) in [6.45, 7) is 51.3. The van der Waals surface area contributed by atoms with Crippen LogP contribution in [-0.4, -0.2) is 153 Å². The Morgan fingerprint density at radius 2 is 0.648 bits per heavy atom. The molecule has 11 heterocycles. The molecule has 3 spiro atoms. The van der Waals surface area contributed by atoms with E-state index in [9.17, 15) is 58.5 Å². The van der Waals surface area contributed by atoms with Gasteiger partial charge in [0.05, 0.1) is 68.4 Å².